The first-order chi connectivity index (χ1) is 11.8. The van der Waals surface area contributed by atoms with Gasteiger partial charge in [-0.1, -0.05) is 41.9 Å². The van der Waals surface area contributed by atoms with Crippen molar-refractivity contribution in [2.24, 2.45) is 16.6 Å². The zero-order valence-corrected chi connectivity index (χ0v) is 16.6. The predicted molar refractivity (Wildman–Crippen MR) is 100 cm³/mol. The molecule has 0 radical (unpaired) electrons. The Morgan fingerprint density at radius 2 is 2.16 bits per heavy atom. The third-order valence-corrected chi connectivity index (χ3v) is 6.94. The minimum absolute atomic E-state index is 0.159. The van der Waals surface area contributed by atoms with Gasteiger partial charge >= 0.3 is 5.97 Å². The van der Waals surface area contributed by atoms with Crippen molar-refractivity contribution in [3.63, 3.8) is 0 Å². The summed E-state index contributed by atoms with van der Waals surface area (Å²) in [6.07, 6.45) is 5.29. The topological polar surface area (TPSA) is 105 Å². The molecule has 140 valence electrons. The highest BCUT2D eigenvalue weighted by molar-refractivity contribution is 7.79. The quantitative estimate of drug-likeness (QED) is 0.338. The number of aliphatic imine (C=N–C) groups is 1. The molecule has 0 bridgehead atoms. The second kappa shape index (κ2) is 8.62. The summed E-state index contributed by atoms with van der Waals surface area (Å²) in [5.74, 6) is -0.168. The van der Waals surface area contributed by atoms with E-state index in [1.165, 1.54) is 19.6 Å². The molecule has 2 N–H and O–H groups in total. The number of halogens is 1. The van der Waals surface area contributed by atoms with E-state index in [0.29, 0.717) is 20.6 Å². The Bertz CT molecular complexity index is 686. The molecule has 0 saturated heterocycles. The summed E-state index contributed by atoms with van der Waals surface area (Å²) >= 11 is 5.01. The van der Waals surface area contributed by atoms with Crippen LogP contribution in [-0.4, -0.2) is 33.4 Å². The van der Waals surface area contributed by atoms with Gasteiger partial charge in [-0.05, 0) is 25.8 Å². The summed E-state index contributed by atoms with van der Waals surface area (Å²) in [6, 6.07) is 1.48. The molecule has 1 saturated carbocycles. The van der Waals surface area contributed by atoms with Crippen LogP contribution in [0.1, 0.15) is 53.6 Å². The van der Waals surface area contributed by atoms with Crippen molar-refractivity contribution in [3.8, 4) is 0 Å². The molecule has 0 aliphatic heterocycles. The summed E-state index contributed by atoms with van der Waals surface area (Å²) in [5.41, 5.74) is 5.07. The molecule has 9 heteroatoms. The molecule has 2 atom stereocenters. The van der Waals surface area contributed by atoms with Crippen LogP contribution < -0.4 is 5.73 Å². The molecule has 2 unspecified atom stereocenters. The maximum Gasteiger partial charge on any atom is 0.348 e. The first-order valence-corrected chi connectivity index (χ1v) is 10.5. The maximum absolute atomic E-state index is 11.7. The standard InChI is InChI=1S/C16H23ClN2O4S2/c1-16(9-25(21)22,19-14(18)10-6-4-3-5-7-10)13-11(17)8-12(24-13)15(20)23-2/h8,10H,3-7,9H2,1-2H3,(H2,18,19)(H,21,22)/p-1. The summed E-state index contributed by atoms with van der Waals surface area (Å²) in [6.45, 7) is 1.68. The largest absolute Gasteiger partial charge is 0.772 e. The highest BCUT2D eigenvalue weighted by atomic mass is 35.5. The monoisotopic (exact) mass is 405 g/mol. The second-order valence-electron chi connectivity index (χ2n) is 6.37. The first-order valence-electron chi connectivity index (χ1n) is 8.06. The molecule has 0 spiro atoms. The number of rotatable bonds is 6. The predicted octanol–water partition coefficient (Wildman–Crippen LogP) is 3.22. The van der Waals surface area contributed by atoms with Gasteiger partial charge in [0.15, 0.2) is 0 Å². The van der Waals surface area contributed by atoms with E-state index in [2.05, 4.69) is 4.99 Å². The highest BCUT2D eigenvalue weighted by Crippen LogP contribution is 2.40. The van der Waals surface area contributed by atoms with E-state index >= 15 is 0 Å². The van der Waals surface area contributed by atoms with Gasteiger partial charge in [-0.15, -0.1) is 11.3 Å². The number of hydrogen-bond acceptors (Lipinski definition) is 6. The van der Waals surface area contributed by atoms with Crippen LogP contribution in [0.4, 0.5) is 0 Å². The number of ether oxygens (including phenoxy) is 1. The molecule has 1 aliphatic carbocycles. The number of carbonyl (C=O) groups excluding carboxylic acids is 1. The lowest BCUT2D eigenvalue weighted by atomic mass is 9.88. The van der Waals surface area contributed by atoms with Crippen LogP contribution in [0.5, 0.6) is 0 Å². The molecule has 6 nitrogen and oxygen atoms in total. The number of thiophene rings is 1. The number of nitrogens with zero attached hydrogens (tertiary/aromatic N) is 1. The first kappa shape index (κ1) is 20.4. The van der Waals surface area contributed by atoms with E-state index < -0.39 is 22.6 Å². The molecule has 1 heterocycles. The Morgan fingerprint density at radius 1 is 1.52 bits per heavy atom. The number of carbonyl (C=O) groups is 1. The minimum Gasteiger partial charge on any atom is -0.772 e. The van der Waals surface area contributed by atoms with Crippen molar-refractivity contribution in [1.82, 2.24) is 0 Å². The van der Waals surface area contributed by atoms with Gasteiger partial charge in [-0.2, -0.15) is 0 Å². The van der Waals surface area contributed by atoms with Gasteiger partial charge in [-0.25, -0.2) is 4.79 Å². The van der Waals surface area contributed by atoms with Crippen LogP contribution >= 0.6 is 22.9 Å². The third-order valence-electron chi connectivity index (χ3n) is 4.36. The zero-order chi connectivity index (χ0) is 18.6. The number of esters is 1. The number of nitrogens with two attached hydrogens (primary N) is 1. The minimum atomic E-state index is -2.35. The van der Waals surface area contributed by atoms with Gasteiger partial charge in [0.2, 0.25) is 0 Å². The van der Waals surface area contributed by atoms with Crippen LogP contribution in [0.2, 0.25) is 5.02 Å². The normalized spacial score (nSPS) is 20.1. The van der Waals surface area contributed by atoms with Gasteiger partial charge in [-0.3, -0.25) is 9.20 Å². The summed E-state index contributed by atoms with van der Waals surface area (Å²) < 4.78 is 27.5. The van der Waals surface area contributed by atoms with Gasteiger partial charge in [0, 0.05) is 11.7 Å². The summed E-state index contributed by atoms with van der Waals surface area (Å²) in [5, 5.41) is 0.290. The molecule has 1 fully saturated rings. The highest BCUT2D eigenvalue weighted by Gasteiger charge is 2.33. The lowest BCUT2D eigenvalue weighted by Crippen LogP contribution is -2.34. The lowest BCUT2D eigenvalue weighted by Gasteiger charge is -2.29. The van der Waals surface area contributed by atoms with E-state index in [0.717, 1.165) is 37.0 Å². The SMILES string of the molecule is COC(=O)c1cc(Cl)c(C(C)(CS(=O)[O-])N=C(N)C2CCCCC2)s1. The molecule has 1 aromatic heterocycles. The van der Waals surface area contributed by atoms with Crippen molar-refractivity contribution in [2.45, 2.75) is 44.6 Å². The molecular weight excluding hydrogens is 384 g/mol. The molecular formula is C16H22ClN2O4S2-. The van der Waals surface area contributed by atoms with Crippen LogP contribution in [-0.2, 0) is 21.4 Å². The average Bonchev–Trinajstić information content (AvgIpc) is 2.96. The molecule has 25 heavy (non-hydrogen) atoms. The number of hydrogen-bond donors (Lipinski definition) is 1. The van der Waals surface area contributed by atoms with Crippen molar-refractivity contribution in [2.75, 3.05) is 12.9 Å². The van der Waals surface area contributed by atoms with Crippen LogP contribution in [0.3, 0.4) is 0 Å². The van der Waals surface area contributed by atoms with Gasteiger partial charge in [0.1, 0.15) is 10.4 Å². The Balaban J connectivity index is 2.41. The van der Waals surface area contributed by atoms with E-state index in [-0.39, 0.29) is 11.7 Å². The van der Waals surface area contributed by atoms with Crippen molar-refractivity contribution >= 4 is 45.8 Å². The fraction of sp³-hybridized carbons (Fsp3) is 0.625. The second-order valence-corrected chi connectivity index (χ2v) is 8.73. The van der Waals surface area contributed by atoms with Crippen molar-refractivity contribution in [3.05, 3.63) is 20.8 Å². The molecule has 1 aromatic rings. The third kappa shape index (κ3) is 5.03. The Morgan fingerprint density at radius 3 is 2.72 bits per heavy atom. The Labute approximate surface area is 159 Å². The van der Waals surface area contributed by atoms with Gasteiger partial charge in [0.05, 0.1) is 22.8 Å². The average molecular weight is 406 g/mol. The molecule has 1 aliphatic rings. The molecule has 0 aromatic carbocycles. The number of amidine groups is 1. The maximum atomic E-state index is 11.7. The molecule has 0 amide bonds. The Hall–Kier alpha value is -0.960. The lowest BCUT2D eigenvalue weighted by molar-refractivity contribution is 0.0606. The van der Waals surface area contributed by atoms with Crippen LogP contribution in [0.25, 0.3) is 0 Å². The number of methoxy groups -OCH3 is 1. The smallest absolute Gasteiger partial charge is 0.348 e. The van der Waals surface area contributed by atoms with Crippen LogP contribution in [0.15, 0.2) is 11.1 Å². The van der Waals surface area contributed by atoms with Crippen molar-refractivity contribution < 1.29 is 18.3 Å². The van der Waals surface area contributed by atoms with Gasteiger partial charge < -0.3 is 15.0 Å². The van der Waals surface area contributed by atoms with Gasteiger partial charge in [0.25, 0.3) is 0 Å². The molecule has 2 rings (SSSR count). The summed E-state index contributed by atoms with van der Waals surface area (Å²) in [4.78, 5) is 17.1. The van der Waals surface area contributed by atoms with E-state index in [4.69, 9.17) is 22.1 Å². The van der Waals surface area contributed by atoms with E-state index in [9.17, 15) is 13.6 Å². The van der Waals surface area contributed by atoms with Crippen LogP contribution in [0, 0.1) is 5.92 Å². The summed E-state index contributed by atoms with van der Waals surface area (Å²) in [7, 11) is 1.28. The fourth-order valence-electron chi connectivity index (χ4n) is 3.09. The zero-order valence-electron chi connectivity index (χ0n) is 14.2. The van der Waals surface area contributed by atoms with E-state index in [1.54, 1.807) is 6.92 Å². The fourth-order valence-corrected chi connectivity index (χ4v) is 5.40. The van der Waals surface area contributed by atoms with E-state index in [1.807, 2.05) is 0 Å². The van der Waals surface area contributed by atoms with Crippen molar-refractivity contribution in [1.29, 1.82) is 0 Å². The Kier molecular flexibility index (Phi) is 7.01.